The second-order valence-electron chi connectivity index (χ2n) is 2.85. The van der Waals surface area contributed by atoms with Crippen LogP contribution in [-0.4, -0.2) is 35.0 Å². The van der Waals surface area contributed by atoms with Gasteiger partial charge in [0.2, 0.25) is 0 Å². The Morgan fingerprint density at radius 1 is 1.27 bits per heavy atom. The standard InChI is InChI=1S/C9H13NSe/c1-10(2)7-8-5-3-4-6-9(8)11/h3-6,11H,7H2,1-2H3/p-1. The van der Waals surface area contributed by atoms with E-state index in [1.807, 2.05) is 6.07 Å². The minimum absolute atomic E-state index is 1.00. The first-order valence-electron chi connectivity index (χ1n) is 3.60. The first kappa shape index (κ1) is 8.79. The van der Waals surface area contributed by atoms with Crippen LogP contribution in [0.2, 0.25) is 0 Å². The van der Waals surface area contributed by atoms with E-state index in [-0.39, 0.29) is 0 Å². The molecule has 1 nitrogen and oxygen atoms in total. The van der Waals surface area contributed by atoms with Gasteiger partial charge in [-0.2, -0.15) is 0 Å². The zero-order valence-corrected chi connectivity index (χ0v) is 8.59. The molecule has 0 aliphatic rings. The van der Waals surface area contributed by atoms with Crippen molar-refractivity contribution < 1.29 is 0 Å². The summed E-state index contributed by atoms with van der Waals surface area (Å²) in [5.41, 5.74) is 1.36. The van der Waals surface area contributed by atoms with Crippen LogP contribution in [0.5, 0.6) is 0 Å². The summed E-state index contributed by atoms with van der Waals surface area (Å²) in [5, 5.41) is 0. The molecule has 0 fully saturated rings. The molecule has 0 saturated carbocycles. The van der Waals surface area contributed by atoms with Crippen molar-refractivity contribution in [2.75, 3.05) is 14.1 Å². The molecule has 0 N–H and O–H groups in total. The maximum atomic E-state index is 3.05. The molecule has 0 atom stereocenters. The molecule has 0 radical (unpaired) electrons. The Kier molecular flexibility index (Phi) is 3.13. The van der Waals surface area contributed by atoms with Crippen molar-refractivity contribution in [2.45, 2.75) is 6.54 Å². The van der Waals surface area contributed by atoms with Crippen LogP contribution in [0.25, 0.3) is 0 Å². The number of benzene rings is 1. The van der Waals surface area contributed by atoms with Gasteiger partial charge in [-0.15, -0.1) is 0 Å². The Labute approximate surface area is 76.2 Å². The first-order valence-corrected chi connectivity index (χ1v) is 4.45. The third kappa shape index (κ3) is 2.66. The van der Waals surface area contributed by atoms with Crippen molar-refractivity contribution in [1.29, 1.82) is 0 Å². The van der Waals surface area contributed by atoms with Crippen molar-refractivity contribution in [3.05, 3.63) is 29.8 Å². The molecule has 0 aliphatic heterocycles. The summed E-state index contributed by atoms with van der Waals surface area (Å²) in [5.74, 6) is 0. The predicted octanol–water partition coefficient (Wildman–Crippen LogP) is 0.542. The summed E-state index contributed by atoms with van der Waals surface area (Å²) >= 11 is 3.05. The van der Waals surface area contributed by atoms with E-state index in [0.29, 0.717) is 0 Å². The van der Waals surface area contributed by atoms with E-state index in [1.54, 1.807) is 0 Å². The maximum absolute atomic E-state index is 3.05. The molecule has 1 aromatic rings. The second kappa shape index (κ2) is 3.91. The van der Waals surface area contributed by atoms with Gasteiger partial charge >= 0.3 is 75.8 Å². The molecule has 0 unspecified atom stereocenters. The Morgan fingerprint density at radius 2 is 1.91 bits per heavy atom. The van der Waals surface area contributed by atoms with E-state index in [0.717, 1.165) is 6.54 Å². The van der Waals surface area contributed by atoms with Gasteiger partial charge in [0.1, 0.15) is 0 Å². The Hall–Kier alpha value is -0.301. The molecule has 0 spiro atoms. The van der Waals surface area contributed by atoms with Crippen molar-refractivity contribution in [2.24, 2.45) is 0 Å². The van der Waals surface area contributed by atoms with Crippen LogP contribution >= 0.6 is 0 Å². The zero-order chi connectivity index (χ0) is 8.27. The average molecular weight is 213 g/mol. The monoisotopic (exact) mass is 214 g/mol. The van der Waals surface area contributed by atoms with Crippen LogP contribution in [0, 0.1) is 0 Å². The molecule has 60 valence electrons. The van der Waals surface area contributed by atoms with Crippen LogP contribution in [0.15, 0.2) is 24.3 Å². The summed E-state index contributed by atoms with van der Waals surface area (Å²) in [6.45, 7) is 1.00. The van der Waals surface area contributed by atoms with Gasteiger partial charge in [0.25, 0.3) is 0 Å². The number of nitrogens with zero attached hydrogens (tertiary/aromatic N) is 1. The van der Waals surface area contributed by atoms with Gasteiger partial charge < -0.3 is 0 Å². The Morgan fingerprint density at radius 3 is 2.45 bits per heavy atom. The summed E-state index contributed by atoms with van der Waals surface area (Å²) in [4.78, 5) is 2.16. The molecule has 0 heterocycles. The molecule has 0 bridgehead atoms. The fraction of sp³-hybridized carbons (Fsp3) is 0.333. The van der Waals surface area contributed by atoms with Gasteiger partial charge in [-0.25, -0.2) is 0 Å². The van der Waals surface area contributed by atoms with Crippen molar-refractivity contribution in [3.8, 4) is 0 Å². The van der Waals surface area contributed by atoms with Crippen LogP contribution in [0.4, 0.5) is 0 Å². The van der Waals surface area contributed by atoms with E-state index in [1.165, 1.54) is 10.0 Å². The number of hydrogen-bond donors (Lipinski definition) is 0. The molecule has 11 heavy (non-hydrogen) atoms. The average Bonchev–Trinajstić information content (AvgIpc) is 1.93. The molecule has 0 aromatic heterocycles. The summed E-state index contributed by atoms with van der Waals surface area (Å²) in [7, 11) is 4.15. The van der Waals surface area contributed by atoms with E-state index < -0.39 is 0 Å². The summed E-state index contributed by atoms with van der Waals surface area (Å²) in [6, 6.07) is 8.36. The fourth-order valence-electron chi connectivity index (χ4n) is 0.975. The van der Waals surface area contributed by atoms with Crippen molar-refractivity contribution >= 4 is 20.5 Å². The summed E-state index contributed by atoms with van der Waals surface area (Å²) in [6.07, 6.45) is 0. The Balaban J connectivity index is 2.78. The summed E-state index contributed by atoms with van der Waals surface area (Å²) < 4.78 is 1.25. The van der Waals surface area contributed by atoms with Crippen LogP contribution in [-0.2, 0) is 6.54 Å². The van der Waals surface area contributed by atoms with Crippen molar-refractivity contribution in [3.63, 3.8) is 0 Å². The van der Waals surface area contributed by atoms with E-state index in [9.17, 15) is 0 Å². The quantitative estimate of drug-likeness (QED) is 0.648. The van der Waals surface area contributed by atoms with E-state index >= 15 is 0 Å². The molecular weight excluding hydrogens is 201 g/mol. The molecule has 0 amide bonds. The molecule has 1 rings (SSSR count). The predicted molar refractivity (Wildman–Crippen MR) is 49.2 cm³/mol. The first-order chi connectivity index (χ1) is 5.20. The third-order valence-corrected chi connectivity index (χ3v) is 2.29. The molecule has 0 saturated heterocycles. The van der Waals surface area contributed by atoms with Gasteiger partial charge in [-0.05, 0) is 0 Å². The zero-order valence-electron chi connectivity index (χ0n) is 6.87. The van der Waals surface area contributed by atoms with Gasteiger partial charge in [0.05, 0.1) is 0 Å². The molecular formula is C9H12NSe-. The minimum atomic E-state index is 1.00. The van der Waals surface area contributed by atoms with Crippen LogP contribution in [0.1, 0.15) is 5.56 Å². The molecule has 0 aliphatic carbocycles. The van der Waals surface area contributed by atoms with Crippen molar-refractivity contribution in [1.82, 2.24) is 4.90 Å². The van der Waals surface area contributed by atoms with E-state index in [4.69, 9.17) is 0 Å². The van der Waals surface area contributed by atoms with Gasteiger partial charge in [0.15, 0.2) is 0 Å². The molecule has 2 heteroatoms. The van der Waals surface area contributed by atoms with Gasteiger partial charge in [-0.1, -0.05) is 0 Å². The second-order valence-corrected chi connectivity index (χ2v) is 3.77. The normalized spacial score (nSPS) is 10.5. The Bertz CT molecular complexity index is 233. The van der Waals surface area contributed by atoms with Gasteiger partial charge in [0, 0.05) is 0 Å². The van der Waals surface area contributed by atoms with Crippen LogP contribution in [0.3, 0.4) is 0 Å². The topological polar surface area (TPSA) is 3.24 Å². The third-order valence-electron chi connectivity index (χ3n) is 1.46. The number of rotatable bonds is 2. The number of hydrogen-bond acceptors (Lipinski definition) is 1. The SMILES string of the molecule is CN(C)Cc1ccccc1[Se-]. The fourth-order valence-corrected chi connectivity index (χ4v) is 1.42. The molecule has 1 aromatic carbocycles. The van der Waals surface area contributed by atoms with Crippen LogP contribution < -0.4 is 4.46 Å². The van der Waals surface area contributed by atoms with E-state index in [2.05, 4.69) is 53.2 Å². The van der Waals surface area contributed by atoms with Gasteiger partial charge in [-0.3, -0.25) is 0 Å².